The molecule has 33 heavy (non-hydrogen) atoms. The number of benzene rings is 2. The third kappa shape index (κ3) is 5.42. The van der Waals surface area contributed by atoms with Gasteiger partial charge in [-0.1, -0.05) is 29.3 Å². The van der Waals surface area contributed by atoms with Gasteiger partial charge < -0.3 is 10.2 Å². The Labute approximate surface area is 201 Å². The van der Waals surface area contributed by atoms with E-state index in [0.29, 0.717) is 42.0 Å². The molecule has 2 heterocycles. The number of rotatable bonds is 3. The van der Waals surface area contributed by atoms with Gasteiger partial charge in [0.05, 0.1) is 32.0 Å². The molecular weight excluding hydrogens is 501 g/mol. The van der Waals surface area contributed by atoms with Gasteiger partial charge in [-0.15, -0.1) is 11.3 Å². The van der Waals surface area contributed by atoms with Crippen LogP contribution in [0.1, 0.15) is 29.3 Å². The average Bonchev–Trinajstić information content (AvgIpc) is 3.26. The molecule has 0 aliphatic carbocycles. The van der Waals surface area contributed by atoms with Gasteiger partial charge >= 0.3 is 12.2 Å². The fourth-order valence-corrected chi connectivity index (χ4v) is 4.95. The first kappa shape index (κ1) is 23.8. The largest absolute Gasteiger partial charge is 0.418 e. The van der Waals surface area contributed by atoms with Gasteiger partial charge in [0, 0.05) is 30.0 Å². The minimum absolute atomic E-state index is 0.132. The molecule has 1 saturated heterocycles. The summed E-state index contributed by atoms with van der Waals surface area (Å²) in [6.07, 6.45) is -3.54. The van der Waals surface area contributed by atoms with Crippen LogP contribution in [0.3, 0.4) is 0 Å². The molecule has 2 amide bonds. The molecule has 2 aromatic carbocycles. The Bertz CT molecular complexity index is 1180. The number of urea groups is 1. The number of aromatic nitrogens is 1. The molecule has 1 aromatic heterocycles. The Kier molecular flexibility index (Phi) is 6.83. The molecule has 0 saturated carbocycles. The molecule has 174 valence electrons. The van der Waals surface area contributed by atoms with Crippen LogP contribution in [0.15, 0.2) is 41.8 Å². The number of thiazole rings is 1. The Morgan fingerprint density at radius 2 is 1.82 bits per heavy atom. The molecule has 0 unspecified atom stereocenters. The highest BCUT2D eigenvalue weighted by Gasteiger charge is 2.35. The second-order valence-corrected chi connectivity index (χ2v) is 9.28. The molecular formula is C22H17Cl2F4N3OS. The SMILES string of the molecule is O=C(Nc1ccc(F)cc1C(F)(F)F)N1CCC(c2nc(-c3ccc(Cl)c(Cl)c3)cs2)CC1. The third-order valence-electron chi connectivity index (χ3n) is 5.40. The molecule has 3 aromatic rings. The summed E-state index contributed by atoms with van der Waals surface area (Å²) in [5.41, 5.74) is -0.0567. The van der Waals surface area contributed by atoms with Crippen molar-refractivity contribution in [3.05, 3.63) is 68.2 Å². The smallest absolute Gasteiger partial charge is 0.324 e. The molecule has 4 rings (SSSR count). The highest BCUT2D eigenvalue weighted by molar-refractivity contribution is 7.10. The lowest BCUT2D eigenvalue weighted by atomic mass is 9.98. The molecule has 0 radical (unpaired) electrons. The molecule has 0 atom stereocenters. The highest BCUT2D eigenvalue weighted by atomic mass is 35.5. The lowest BCUT2D eigenvalue weighted by molar-refractivity contribution is -0.137. The van der Waals surface area contributed by atoms with Crippen molar-refractivity contribution in [2.75, 3.05) is 18.4 Å². The van der Waals surface area contributed by atoms with Gasteiger partial charge in [-0.2, -0.15) is 13.2 Å². The van der Waals surface area contributed by atoms with Gasteiger partial charge in [0.1, 0.15) is 5.82 Å². The van der Waals surface area contributed by atoms with Gasteiger partial charge in [0.25, 0.3) is 0 Å². The fourth-order valence-electron chi connectivity index (χ4n) is 3.65. The lowest BCUT2D eigenvalue weighted by Gasteiger charge is -2.31. The van der Waals surface area contributed by atoms with Crippen molar-refractivity contribution in [1.82, 2.24) is 9.88 Å². The average molecular weight is 518 g/mol. The predicted molar refractivity (Wildman–Crippen MR) is 122 cm³/mol. The van der Waals surface area contributed by atoms with E-state index in [1.54, 1.807) is 12.1 Å². The van der Waals surface area contributed by atoms with E-state index in [1.807, 2.05) is 11.4 Å². The van der Waals surface area contributed by atoms with Crippen LogP contribution in [-0.4, -0.2) is 29.0 Å². The number of likely N-dealkylation sites (tertiary alicyclic amines) is 1. The number of piperidine rings is 1. The topological polar surface area (TPSA) is 45.2 Å². The zero-order valence-corrected chi connectivity index (χ0v) is 19.3. The number of carbonyl (C=O) groups is 1. The van der Waals surface area contributed by atoms with Crippen molar-refractivity contribution in [2.24, 2.45) is 0 Å². The van der Waals surface area contributed by atoms with E-state index in [2.05, 4.69) is 5.32 Å². The first-order chi connectivity index (χ1) is 15.6. The molecule has 11 heteroatoms. The Morgan fingerprint density at radius 1 is 1.09 bits per heavy atom. The zero-order valence-electron chi connectivity index (χ0n) is 16.9. The van der Waals surface area contributed by atoms with E-state index < -0.39 is 29.3 Å². The fraction of sp³-hybridized carbons (Fsp3) is 0.273. The van der Waals surface area contributed by atoms with Gasteiger partial charge in [0.2, 0.25) is 0 Å². The monoisotopic (exact) mass is 517 g/mol. The molecule has 1 fully saturated rings. The summed E-state index contributed by atoms with van der Waals surface area (Å²) in [5.74, 6) is -0.892. The van der Waals surface area contributed by atoms with Crippen LogP contribution >= 0.6 is 34.5 Å². The molecule has 0 bridgehead atoms. The number of hydrogen-bond acceptors (Lipinski definition) is 3. The summed E-state index contributed by atoms with van der Waals surface area (Å²) in [7, 11) is 0. The van der Waals surface area contributed by atoms with Crippen LogP contribution in [0, 0.1) is 5.82 Å². The number of nitrogens with one attached hydrogen (secondary N) is 1. The minimum atomic E-state index is -4.78. The predicted octanol–water partition coefficient (Wildman–Crippen LogP) is 7.69. The van der Waals surface area contributed by atoms with Crippen molar-refractivity contribution in [2.45, 2.75) is 24.9 Å². The van der Waals surface area contributed by atoms with Crippen molar-refractivity contribution >= 4 is 46.3 Å². The van der Waals surface area contributed by atoms with E-state index in [-0.39, 0.29) is 5.92 Å². The van der Waals surface area contributed by atoms with Crippen LogP contribution in [0.2, 0.25) is 10.0 Å². The summed E-state index contributed by atoms with van der Waals surface area (Å²) in [5, 5.41) is 6.03. The summed E-state index contributed by atoms with van der Waals surface area (Å²) >= 11 is 13.6. The molecule has 1 N–H and O–H groups in total. The summed E-state index contributed by atoms with van der Waals surface area (Å²) in [4.78, 5) is 18.7. The Balaban J connectivity index is 1.39. The van der Waals surface area contributed by atoms with E-state index in [9.17, 15) is 22.4 Å². The van der Waals surface area contributed by atoms with E-state index >= 15 is 0 Å². The van der Waals surface area contributed by atoms with Crippen molar-refractivity contribution in [1.29, 1.82) is 0 Å². The maximum atomic E-state index is 13.3. The van der Waals surface area contributed by atoms with Gasteiger partial charge in [-0.05, 0) is 43.2 Å². The summed E-state index contributed by atoms with van der Waals surface area (Å²) in [6, 6.07) is 6.82. The van der Waals surface area contributed by atoms with E-state index in [0.717, 1.165) is 28.4 Å². The maximum Gasteiger partial charge on any atom is 0.418 e. The van der Waals surface area contributed by atoms with Gasteiger partial charge in [-0.3, -0.25) is 0 Å². The van der Waals surface area contributed by atoms with Crippen LogP contribution in [-0.2, 0) is 6.18 Å². The van der Waals surface area contributed by atoms with E-state index in [4.69, 9.17) is 28.2 Å². The second kappa shape index (κ2) is 9.48. The lowest BCUT2D eigenvalue weighted by Crippen LogP contribution is -2.40. The van der Waals surface area contributed by atoms with Gasteiger partial charge in [-0.25, -0.2) is 14.2 Å². The number of alkyl halides is 3. The first-order valence-corrected chi connectivity index (χ1v) is 11.6. The van der Waals surface area contributed by atoms with Crippen LogP contribution in [0.25, 0.3) is 11.3 Å². The normalized spacial score (nSPS) is 15.0. The molecule has 1 aliphatic heterocycles. The van der Waals surface area contributed by atoms with Gasteiger partial charge in [0.15, 0.2) is 0 Å². The maximum absolute atomic E-state index is 13.3. The minimum Gasteiger partial charge on any atom is -0.324 e. The van der Waals surface area contributed by atoms with Crippen molar-refractivity contribution < 1.29 is 22.4 Å². The summed E-state index contributed by atoms with van der Waals surface area (Å²) < 4.78 is 52.8. The number of carbonyl (C=O) groups excluding carboxylic acids is 1. The van der Waals surface area contributed by atoms with Crippen LogP contribution in [0.4, 0.5) is 28.0 Å². The number of hydrogen-bond donors (Lipinski definition) is 1. The van der Waals surface area contributed by atoms with Crippen LogP contribution in [0.5, 0.6) is 0 Å². The summed E-state index contributed by atoms with van der Waals surface area (Å²) in [6.45, 7) is 0.724. The first-order valence-electron chi connectivity index (χ1n) is 9.95. The third-order valence-corrected chi connectivity index (χ3v) is 7.14. The quantitative estimate of drug-likeness (QED) is 0.362. The van der Waals surface area contributed by atoms with Crippen molar-refractivity contribution in [3.63, 3.8) is 0 Å². The number of anilines is 1. The number of amides is 2. The standard InChI is InChI=1S/C22H17Cl2F4N3OS/c23-16-3-1-13(9-17(16)24)19-11-33-20(29-19)12-5-7-31(8-6-12)21(32)30-18-4-2-14(25)10-15(18)22(26,27)28/h1-4,9-12H,5-8H2,(H,30,32). The Hall–Kier alpha value is -2.36. The Morgan fingerprint density at radius 3 is 2.48 bits per heavy atom. The van der Waals surface area contributed by atoms with Crippen LogP contribution < -0.4 is 5.32 Å². The van der Waals surface area contributed by atoms with E-state index in [1.165, 1.54) is 16.2 Å². The number of halogens is 6. The van der Waals surface area contributed by atoms with Crippen molar-refractivity contribution in [3.8, 4) is 11.3 Å². The molecule has 0 spiro atoms. The highest BCUT2D eigenvalue weighted by Crippen LogP contribution is 2.37. The molecule has 1 aliphatic rings. The molecule has 4 nitrogen and oxygen atoms in total. The second-order valence-electron chi connectivity index (χ2n) is 7.58. The number of nitrogens with zero attached hydrogens (tertiary/aromatic N) is 2. The zero-order chi connectivity index (χ0) is 23.8.